The van der Waals surface area contributed by atoms with Crippen LogP contribution in [0.2, 0.25) is 5.02 Å². The summed E-state index contributed by atoms with van der Waals surface area (Å²) in [7, 11) is 0. The Morgan fingerprint density at radius 1 is 1.19 bits per heavy atom. The van der Waals surface area contributed by atoms with E-state index >= 15 is 0 Å². The molecule has 114 valence electrons. The number of rotatable bonds is 6. The zero-order valence-electron chi connectivity index (χ0n) is 11.9. The number of benzene rings is 1. The third kappa shape index (κ3) is 5.43. The average Bonchev–Trinajstić information content (AvgIpc) is 2.42. The van der Waals surface area contributed by atoms with E-state index in [2.05, 4.69) is 10.6 Å². The van der Waals surface area contributed by atoms with Crippen molar-refractivity contribution in [2.45, 2.75) is 19.9 Å². The number of nitrogens with one attached hydrogen (secondary N) is 2. The Balaban J connectivity index is 2.73. The molecule has 1 aromatic carbocycles. The van der Waals surface area contributed by atoms with Crippen molar-refractivity contribution < 1.29 is 14.4 Å². The molecule has 7 heteroatoms. The predicted octanol–water partition coefficient (Wildman–Crippen LogP) is 0.696. The van der Waals surface area contributed by atoms with Crippen LogP contribution in [0, 0.1) is 5.92 Å². The van der Waals surface area contributed by atoms with Gasteiger partial charge in [-0.2, -0.15) is 0 Å². The molecule has 0 heterocycles. The van der Waals surface area contributed by atoms with Crippen molar-refractivity contribution in [1.29, 1.82) is 0 Å². The molecular weight excluding hydrogens is 294 g/mol. The SMILES string of the molecule is CC(C)[C@@H](NC(=O)c1ccc(Cl)cc1)C(=O)NCC(N)=O. The van der Waals surface area contributed by atoms with Crippen molar-refractivity contribution in [3.63, 3.8) is 0 Å². The normalized spacial score (nSPS) is 11.8. The second-order valence-electron chi connectivity index (χ2n) is 4.89. The van der Waals surface area contributed by atoms with Gasteiger partial charge in [-0.1, -0.05) is 25.4 Å². The van der Waals surface area contributed by atoms with Crippen molar-refractivity contribution in [2.75, 3.05) is 6.54 Å². The minimum absolute atomic E-state index is 0.144. The van der Waals surface area contributed by atoms with E-state index < -0.39 is 17.9 Å². The van der Waals surface area contributed by atoms with Gasteiger partial charge < -0.3 is 16.4 Å². The molecule has 0 aromatic heterocycles. The monoisotopic (exact) mass is 311 g/mol. The molecule has 1 aromatic rings. The van der Waals surface area contributed by atoms with Gasteiger partial charge in [0.1, 0.15) is 6.04 Å². The molecule has 0 aliphatic rings. The highest BCUT2D eigenvalue weighted by Crippen LogP contribution is 2.10. The van der Waals surface area contributed by atoms with Gasteiger partial charge in [0.15, 0.2) is 0 Å². The van der Waals surface area contributed by atoms with Gasteiger partial charge >= 0.3 is 0 Å². The second-order valence-corrected chi connectivity index (χ2v) is 5.32. The first-order valence-corrected chi connectivity index (χ1v) is 6.81. The van der Waals surface area contributed by atoms with Gasteiger partial charge in [-0.25, -0.2) is 0 Å². The first-order chi connectivity index (χ1) is 9.81. The van der Waals surface area contributed by atoms with E-state index in [0.717, 1.165) is 0 Å². The quantitative estimate of drug-likeness (QED) is 0.720. The largest absolute Gasteiger partial charge is 0.368 e. The van der Waals surface area contributed by atoms with E-state index in [-0.39, 0.29) is 18.4 Å². The molecule has 0 unspecified atom stereocenters. The van der Waals surface area contributed by atoms with Gasteiger partial charge in [-0.05, 0) is 30.2 Å². The topological polar surface area (TPSA) is 101 Å². The number of nitrogens with two attached hydrogens (primary N) is 1. The van der Waals surface area contributed by atoms with Crippen LogP contribution in [-0.2, 0) is 9.59 Å². The molecule has 0 aliphatic carbocycles. The fourth-order valence-corrected chi connectivity index (χ4v) is 1.77. The lowest BCUT2D eigenvalue weighted by atomic mass is 10.0. The molecule has 21 heavy (non-hydrogen) atoms. The Bertz CT molecular complexity index is 529. The van der Waals surface area contributed by atoms with Crippen LogP contribution < -0.4 is 16.4 Å². The predicted molar refractivity (Wildman–Crippen MR) is 79.7 cm³/mol. The molecule has 3 amide bonds. The smallest absolute Gasteiger partial charge is 0.251 e. The van der Waals surface area contributed by atoms with Gasteiger partial charge in [-0.15, -0.1) is 0 Å². The molecular formula is C14H18ClN3O3. The summed E-state index contributed by atoms with van der Waals surface area (Å²) in [6, 6.07) is 5.56. The molecule has 4 N–H and O–H groups in total. The number of amides is 3. The third-order valence-corrected chi connectivity index (χ3v) is 3.03. The molecule has 0 saturated carbocycles. The maximum atomic E-state index is 12.1. The van der Waals surface area contributed by atoms with E-state index in [4.69, 9.17) is 17.3 Å². The minimum Gasteiger partial charge on any atom is -0.368 e. The fraction of sp³-hybridized carbons (Fsp3) is 0.357. The van der Waals surface area contributed by atoms with Gasteiger partial charge in [0, 0.05) is 10.6 Å². The summed E-state index contributed by atoms with van der Waals surface area (Å²) >= 11 is 5.75. The summed E-state index contributed by atoms with van der Waals surface area (Å²) in [5.41, 5.74) is 5.37. The molecule has 0 spiro atoms. The zero-order chi connectivity index (χ0) is 16.0. The van der Waals surface area contributed by atoms with Crippen molar-refractivity contribution in [3.8, 4) is 0 Å². The first-order valence-electron chi connectivity index (χ1n) is 6.43. The number of carbonyl (C=O) groups is 3. The van der Waals surface area contributed by atoms with Crippen molar-refractivity contribution >= 4 is 29.3 Å². The highest BCUT2D eigenvalue weighted by atomic mass is 35.5. The van der Waals surface area contributed by atoms with E-state index in [1.807, 2.05) is 0 Å². The van der Waals surface area contributed by atoms with Crippen LogP contribution >= 0.6 is 11.6 Å². The molecule has 0 fully saturated rings. The molecule has 1 atom stereocenters. The lowest BCUT2D eigenvalue weighted by Gasteiger charge is -2.21. The van der Waals surface area contributed by atoms with Gasteiger partial charge in [-0.3, -0.25) is 14.4 Å². The van der Waals surface area contributed by atoms with Crippen LogP contribution in [0.25, 0.3) is 0 Å². The number of primary amides is 1. The van der Waals surface area contributed by atoms with Gasteiger partial charge in [0.25, 0.3) is 5.91 Å². The molecule has 1 rings (SSSR count). The van der Waals surface area contributed by atoms with Gasteiger partial charge in [0.2, 0.25) is 11.8 Å². The van der Waals surface area contributed by atoms with Crippen LogP contribution in [-0.4, -0.2) is 30.3 Å². The van der Waals surface area contributed by atoms with Crippen LogP contribution in [0.1, 0.15) is 24.2 Å². The number of hydrogen-bond donors (Lipinski definition) is 3. The maximum absolute atomic E-state index is 12.1. The third-order valence-electron chi connectivity index (χ3n) is 2.78. The van der Waals surface area contributed by atoms with Crippen LogP contribution in [0.3, 0.4) is 0 Å². The second kappa shape index (κ2) is 7.64. The molecule has 0 aliphatic heterocycles. The Hall–Kier alpha value is -2.08. The highest BCUT2D eigenvalue weighted by Gasteiger charge is 2.24. The van der Waals surface area contributed by atoms with Crippen molar-refractivity contribution in [1.82, 2.24) is 10.6 Å². The Morgan fingerprint density at radius 3 is 2.24 bits per heavy atom. The number of halogens is 1. The lowest BCUT2D eigenvalue weighted by molar-refractivity contribution is -0.126. The van der Waals surface area contributed by atoms with Crippen LogP contribution in [0.5, 0.6) is 0 Å². The maximum Gasteiger partial charge on any atom is 0.251 e. The van der Waals surface area contributed by atoms with E-state index in [1.54, 1.807) is 38.1 Å². The Kier molecular flexibility index (Phi) is 6.17. The van der Waals surface area contributed by atoms with Crippen LogP contribution in [0.15, 0.2) is 24.3 Å². The van der Waals surface area contributed by atoms with E-state index in [1.165, 1.54) is 0 Å². The molecule has 0 bridgehead atoms. The highest BCUT2D eigenvalue weighted by molar-refractivity contribution is 6.30. The van der Waals surface area contributed by atoms with Crippen molar-refractivity contribution in [3.05, 3.63) is 34.9 Å². The van der Waals surface area contributed by atoms with Gasteiger partial charge in [0.05, 0.1) is 6.54 Å². The number of carbonyl (C=O) groups excluding carboxylic acids is 3. The zero-order valence-corrected chi connectivity index (χ0v) is 12.6. The Morgan fingerprint density at radius 2 is 1.76 bits per heavy atom. The average molecular weight is 312 g/mol. The summed E-state index contributed by atoms with van der Waals surface area (Å²) in [4.78, 5) is 34.7. The summed E-state index contributed by atoms with van der Waals surface area (Å²) in [6.07, 6.45) is 0. The van der Waals surface area contributed by atoms with E-state index in [0.29, 0.717) is 10.6 Å². The van der Waals surface area contributed by atoms with Crippen LogP contribution in [0.4, 0.5) is 0 Å². The summed E-state index contributed by atoms with van der Waals surface area (Å²) in [5, 5.41) is 5.53. The molecule has 0 radical (unpaired) electrons. The Labute approximate surface area is 128 Å². The van der Waals surface area contributed by atoms with E-state index in [9.17, 15) is 14.4 Å². The standard InChI is InChI=1S/C14H18ClN3O3/c1-8(2)12(14(21)17-7-11(16)19)18-13(20)9-3-5-10(15)6-4-9/h3-6,8,12H,7H2,1-2H3,(H2,16,19)(H,17,21)(H,18,20)/t12-/m1/s1. The summed E-state index contributed by atoms with van der Waals surface area (Å²) in [5.74, 6) is -1.63. The fourth-order valence-electron chi connectivity index (χ4n) is 1.64. The molecule has 6 nitrogen and oxygen atoms in total. The minimum atomic E-state index is -0.757. The van der Waals surface area contributed by atoms with Crippen molar-refractivity contribution in [2.24, 2.45) is 11.7 Å². The molecule has 0 saturated heterocycles. The lowest BCUT2D eigenvalue weighted by Crippen LogP contribution is -2.51. The first kappa shape index (κ1) is 17.0. The summed E-state index contributed by atoms with van der Waals surface area (Å²) < 4.78 is 0. The summed E-state index contributed by atoms with van der Waals surface area (Å²) in [6.45, 7) is 3.31. The number of hydrogen-bond acceptors (Lipinski definition) is 3.